The molecular weight excluding hydrogens is 489 g/mol. The SMILES string of the molecule is COCCOc1cc2ncnc(-c3ccc(NC(=O)C(C)c4ccc(F)cc4)cc3)c2cc1OCCOC. The van der Waals surface area contributed by atoms with Crippen molar-refractivity contribution in [3.8, 4) is 22.8 Å². The second-order valence-corrected chi connectivity index (χ2v) is 8.56. The molecule has 1 unspecified atom stereocenters. The van der Waals surface area contributed by atoms with E-state index in [0.717, 1.165) is 16.5 Å². The molecule has 1 amide bonds. The van der Waals surface area contributed by atoms with Gasteiger partial charge in [-0.15, -0.1) is 0 Å². The van der Waals surface area contributed by atoms with Crippen molar-refractivity contribution in [2.45, 2.75) is 12.8 Å². The third kappa shape index (κ3) is 6.62. The number of methoxy groups -OCH3 is 2. The topological polar surface area (TPSA) is 91.8 Å². The zero-order chi connectivity index (χ0) is 26.9. The van der Waals surface area contributed by atoms with Gasteiger partial charge in [0.15, 0.2) is 11.5 Å². The summed E-state index contributed by atoms with van der Waals surface area (Å²) in [4.78, 5) is 21.7. The van der Waals surface area contributed by atoms with Crippen LogP contribution in [-0.4, -0.2) is 56.5 Å². The fourth-order valence-corrected chi connectivity index (χ4v) is 3.85. The van der Waals surface area contributed by atoms with E-state index in [0.29, 0.717) is 54.8 Å². The van der Waals surface area contributed by atoms with Gasteiger partial charge in [0.1, 0.15) is 25.4 Å². The maximum absolute atomic E-state index is 13.2. The zero-order valence-electron chi connectivity index (χ0n) is 21.6. The number of amides is 1. The standard InChI is InChI=1S/C29H30FN3O5/c1-19(20-4-8-22(30)9-5-20)29(34)33-23-10-6-21(7-11-23)28-24-16-26(37-14-12-35-2)27(38-15-13-36-3)17-25(24)31-18-32-28/h4-11,16-19H,12-15H2,1-3H3,(H,33,34). The molecule has 0 aliphatic carbocycles. The Morgan fingerprint density at radius 2 is 1.50 bits per heavy atom. The Balaban J connectivity index is 1.56. The average Bonchev–Trinajstić information content (AvgIpc) is 2.93. The van der Waals surface area contributed by atoms with Gasteiger partial charge in [-0.3, -0.25) is 4.79 Å². The van der Waals surface area contributed by atoms with Crippen LogP contribution in [0.2, 0.25) is 0 Å². The number of halogens is 1. The van der Waals surface area contributed by atoms with Crippen LogP contribution < -0.4 is 14.8 Å². The van der Waals surface area contributed by atoms with Crippen molar-refractivity contribution in [3.63, 3.8) is 0 Å². The first kappa shape index (κ1) is 27.0. The van der Waals surface area contributed by atoms with E-state index in [2.05, 4.69) is 15.3 Å². The molecule has 1 aromatic heterocycles. The van der Waals surface area contributed by atoms with Crippen LogP contribution in [0, 0.1) is 5.82 Å². The monoisotopic (exact) mass is 519 g/mol. The summed E-state index contributed by atoms with van der Waals surface area (Å²) in [6.07, 6.45) is 1.50. The van der Waals surface area contributed by atoms with Crippen molar-refractivity contribution in [1.82, 2.24) is 9.97 Å². The summed E-state index contributed by atoms with van der Waals surface area (Å²) in [6.45, 7) is 3.38. The fraction of sp³-hybridized carbons (Fsp3) is 0.276. The fourth-order valence-electron chi connectivity index (χ4n) is 3.85. The number of hydrogen-bond acceptors (Lipinski definition) is 7. The second kappa shape index (κ2) is 12.9. The second-order valence-electron chi connectivity index (χ2n) is 8.56. The van der Waals surface area contributed by atoms with Crippen molar-refractivity contribution < 1.29 is 28.1 Å². The Kier molecular flexibility index (Phi) is 9.18. The molecule has 3 aromatic carbocycles. The summed E-state index contributed by atoms with van der Waals surface area (Å²) >= 11 is 0. The van der Waals surface area contributed by atoms with Gasteiger partial charge in [-0.1, -0.05) is 24.3 Å². The smallest absolute Gasteiger partial charge is 0.231 e. The highest BCUT2D eigenvalue weighted by molar-refractivity contribution is 5.97. The van der Waals surface area contributed by atoms with Gasteiger partial charge in [0.2, 0.25) is 5.91 Å². The average molecular weight is 520 g/mol. The molecule has 1 heterocycles. The summed E-state index contributed by atoms with van der Waals surface area (Å²) in [5, 5.41) is 3.71. The molecule has 4 aromatic rings. The zero-order valence-corrected chi connectivity index (χ0v) is 21.6. The molecule has 4 rings (SSSR count). The number of aromatic nitrogens is 2. The van der Waals surface area contributed by atoms with Crippen LogP contribution in [0.3, 0.4) is 0 Å². The van der Waals surface area contributed by atoms with Crippen LogP contribution in [0.1, 0.15) is 18.4 Å². The van der Waals surface area contributed by atoms with Crippen LogP contribution in [-0.2, 0) is 14.3 Å². The number of benzene rings is 3. The molecule has 0 saturated heterocycles. The highest BCUT2D eigenvalue weighted by Crippen LogP contribution is 2.36. The van der Waals surface area contributed by atoms with Crippen molar-refractivity contribution in [1.29, 1.82) is 0 Å². The number of hydrogen-bond donors (Lipinski definition) is 1. The van der Waals surface area contributed by atoms with E-state index in [-0.39, 0.29) is 11.7 Å². The molecule has 198 valence electrons. The molecule has 0 saturated carbocycles. The number of ether oxygens (including phenoxy) is 4. The number of fused-ring (bicyclic) bond motifs is 1. The van der Waals surface area contributed by atoms with Gasteiger partial charge in [-0.2, -0.15) is 0 Å². The van der Waals surface area contributed by atoms with Crippen LogP contribution in [0.4, 0.5) is 10.1 Å². The summed E-state index contributed by atoms with van der Waals surface area (Å²) in [7, 11) is 3.23. The first-order valence-corrected chi connectivity index (χ1v) is 12.2. The lowest BCUT2D eigenvalue weighted by atomic mass is 10.00. The number of nitrogens with one attached hydrogen (secondary N) is 1. The normalized spacial score (nSPS) is 11.8. The first-order chi connectivity index (χ1) is 18.5. The summed E-state index contributed by atoms with van der Waals surface area (Å²) in [5.74, 6) is 0.162. The highest BCUT2D eigenvalue weighted by atomic mass is 19.1. The van der Waals surface area contributed by atoms with E-state index in [1.165, 1.54) is 18.5 Å². The third-order valence-corrected chi connectivity index (χ3v) is 5.98. The van der Waals surface area contributed by atoms with Gasteiger partial charge in [0, 0.05) is 36.9 Å². The predicted molar refractivity (Wildman–Crippen MR) is 143 cm³/mol. The van der Waals surface area contributed by atoms with E-state index in [1.807, 2.05) is 36.4 Å². The lowest BCUT2D eigenvalue weighted by Gasteiger charge is -2.15. The molecule has 1 N–H and O–H groups in total. The van der Waals surface area contributed by atoms with Crippen LogP contribution >= 0.6 is 0 Å². The minimum Gasteiger partial charge on any atom is -0.487 e. The maximum Gasteiger partial charge on any atom is 0.231 e. The van der Waals surface area contributed by atoms with Gasteiger partial charge in [0.05, 0.1) is 30.3 Å². The number of rotatable bonds is 12. The Bertz CT molecular complexity index is 1360. The first-order valence-electron chi connectivity index (χ1n) is 12.2. The van der Waals surface area contributed by atoms with Gasteiger partial charge in [0.25, 0.3) is 0 Å². The van der Waals surface area contributed by atoms with Crippen molar-refractivity contribution in [3.05, 3.63) is 78.4 Å². The van der Waals surface area contributed by atoms with E-state index in [9.17, 15) is 9.18 Å². The molecule has 0 aliphatic heterocycles. The molecule has 38 heavy (non-hydrogen) atoms. The molecule has 8 nitrogen and oxygen atoms in total. The van der Waals surface area contributed by atoms with Crippen LogP contribution in [0.25, 0.3) is 22.2 Å². The predicted octanol–water partition coefficient (Wildman–Crippen LogP) is 5.23. The van der Waals surface area contributed by atoms with Crippen molar-refractivity contribution >= 4 is 22.5 Å². The van der Waals surface area contributed by atoms with Crippen LogP contribution in [0.5, 0.6) is 11.5 Å². The molecule has 0 spiro atoms. The summed E-state index contributed by atoms with van der Waals surface area (Å²) in [5.41, 5.74) is 3.64. The van der Waals surface area contributed by atoms with Crippen molar-refractivity contribution in [2.24, 2.45) is 0 Å². The lowest BCUT2D eigenvalue weighted by Crippen LogP contribution is -2.18. The van der Waals surface area contributed by atoms with Gasteiger partial charge in [-0.25, -0.2) is 14.4 Å². The van der Waals surface area contributed by atoms with Crippen LogP contribution in [0.15, 0.2) is 67.0 Å². The Labute approximate surface area is 220 Å². The molecule has 0 fully saturated rings. The lowest BCUT2D eigenvalue weighted by molar-refractivity contribution is -0.117. The van der Waals surface area contributed by atoms with E-state index < -0.39 is 5.92 Å². The summed E-state index contributed by atoms with van der Waals surface area (Å²) in [6, 6.07) is 17.0. The largest absolute Gasteiger partial charge is 0.487 e. The quantitative estimate of drug-likeness (QED) is 0.256. The minimum absolute atomic E-state index is 0.185. The molecule has 1 atom stereocenters. The number of carbonyl (C=O) groups excluding carboxylic acids is 1. The summed E-state index contributed by atoms with van der Waals surface area (Å²) < 4.78 is 35.2. The van der Waals surface area contributed by atoms with E-state index in [1.54, 1.807) is 33.3 Å². The molecule has 0 aliphatic rings. The Morgan fingerprint density at radius 1 is 0.868 bits per heavy atom. The van der Waals surface area contributed by atoms with Gasteiger partial charge < -0.3 is 24.3 Å². The molecule has 0 bridgehead atoms. The van der Waals surface area contributed by atoms with Crippen molar-refractivity contribution in [2.75, 3.05) is 46.0 Å². The number of anilines is 1. The highest BCUT2D eigenvalue weighted by Gasteiger charge is 2.17. The van der Waals surface area contributed by atoms with Gasteiger partial charge >= 0.3 is 0 Å². The molecular formula is C29H30FN3O5. The Hall–Kier alpha value is -4.08. The van der Waals surface area contributed by atoms with E-state index >= 15 is 0 Å². The van der Waals surface area contributed by atoms with Gasteiger partial charge in [-0.05, 0) is 42.8 Å². The van der Waals surface area contributed by atoms with E-state index in [4.69, 9.17) is 18.9 Å². The Morgan fingerprint density at radius 3 is 2.13 bits per heavy atom. The number of nitrogens with zero attached hydrogens (tertiary/aromatic N) is 2. The maximum atomic E-state index is 13.2. The third-order valence-electron chi connectivity index (χ3n) is 5.98. The minimum atomic E-state index is -0.432. The number of carbonyl (C=O) groups is 1. The molecule has 9 heteroatoms. The molecule has 0 radical (unpaired) electrons.